The zero-order valence-electron chi connectivity index (χ0n) is 14.1. The molecule has 4 aliphatic carbocycles. The van der Waals surface area contributed by atoms with Crippen molar-refractivity contribution >= 4 is 12.1 Å². The summed E-state index contributed by atoms with van der Waals surface area (Å²) in [7, 11) is 0. The number of hydrogen-bond donors (Lipinski definition) is 2. The second-order valence-electron chi connectivity index (χ2n) is 8.08. The van der Waals surface area contributed by atoms with Gasteiger partial charge in [0.1, 0.15) is 5.76 Å². The van der Waals surface area contributed by atoms with E-state index in [-0.39, 0.29) is 11.3 Å². The number of aromatic nitrogens is 2. The van der Waals surface area contributed by atoms with E-state index in [1.54, 1.807) is 18.4 Å². The van der Waals surface area contributed by atoms with E-state index < -0.39 is 0 Å². The van der Waals surface area contributed by atoms with Crippen molar-refractivity contribution in [3.8, 4) is 0 Å². The molecule has 2 N–H and O–H groups in total. The second kappa shape index (κ2) is 5.58. The molecule has 0 aromatic carbocycles. The number of carbonyl (C=O) groups excluding carboxylic acids is 1. The molecular weight excluding hydrogens is 316 g/mol. The van der Waals surface area contributed by atoms with Crippen molar-refractivity contribution in [1.29, 1.82) is 0 Å². The summed E-state index contributed by atoms with van der Waals surface area (Å²) in [5.41, 5.74) is 4.28. The van der Waals surface area contributed by atoms with Gasteiger partial charge in [0.2, 0.25) is 0 Å². The smallest absolute Gasteiger partial charge is 0.291 e. The predicted molar refractivity (Wildman–Crippen MR) is 92.2 cm³/mol. The molecule has 2 aromatic heterocycles. The van der Waals surface area contributed by atoms with Gasteiger partial charge in [-0.1, -0.05) is 0 Å². The minimum absolute atomic E-state index is 0.220. The Labute approximate surface area is 146 Å². The Hall–Kier alpha value is -2.37. The Morgan fingerprint density at radius 2 is 2.00 bits per heavy atom. The molecule has 2 aromatic rings. The second-order valence-corrected chi connectivity index (χ2v) is 8.08. The van der Waals surface area contributed by atoms with E-state index in [0.717, 1.165) is 23.4 Å². The minimum atomic E-state index is -0.296. The monoisotopic (exact) mass is 338 g/mol. The molecule has 130 valence electrons. The van der Waals surface area contributed by atoms with Crippen molar-refractivity contribution < 1.29 is 9.21 Å². The van der Waals surface area contributed by atoms with Crippen molar-refractivity contribution in [1.82, 2.24) is 15.6 Å². The molecule has 6 nitrogen and oxygen atoms in total. The topological polar surface area (TPSA) is 83.3 Å². The lowest BCUT2D eigenvalue weighted by molar-refractivity contribution is -0.00721. The highest BCUT2D eigenvalue weighted by atomic mass is 16.3. The van der Waals surface area contributed by atoms with Crippen LogP contribution in [0.5, 0.6) is 0 Å². The van der Waals surface area contributed by atoms with Gasteiger partial charge in [0.25, 0.3) is 5.91 Å². The molecule has 25 heavy (non-hydrogen) atoms. The van der Waals surface area contributed by atoms with Crippen LogP contribution in [-0.2, 0) is 5.41 Å². The third kappa shape index (κ3) is 2.60. The lowest BCUT2D eigenvalue weighted by Gasteiger charge is -2.56. The third-order valence-electron chi connectivity index (χ3n) is 6.32. The van der Waals surface area contributed by atoms with E-state index >= 15 is 0 Å². The number of rotatable bonds is 4. The Bertz CT molecular complexity index is 770. The fourth-order valence-electron chi connectivity index (χ4n) is 5.73. The van der Waals surface area contributed by atoms with E-state index in [0.29, 0.717) is 11.5 Å². The van der Waals surface area contributed by atoms with Crippen molar-refractivity contribution in [3.05, 3.63) is 41.6 Å². The van der Waals surface area contributed by atoms with E-state index in [4.69, 9.17) is 4.42 Å². The van der Waals surface area contributed by atoms with Crippen LogP contribution in [0.15, 0.2) is 34.0 Å². The molecule has 0 radical (unpaired) electrons. The van der Waals surface area contributed by atoms with Gasteiger partial charge in [-0.05, 0) is 74.5 Å². The van der Waals surface area contributed by atoms with Gasteiger partial charge in [0.05, 0.1) is 12.5 Å². The van der Waals surface area contributed by atoms with Crippen LogP contribution < -0.4 is 5.43 Å². The number of nitrogens with one attached hydrogen (secondary N) is 2. The van der Waals surface area contributed by atoms with Gasteiger partial charge in [0, 0.05) is 11.1 Å². The average Bonchev–Trinajstić information content (AvgIpc) is 3.26. The molecule has 0 unspecified atom stereocenters. The standard InChI is InChI=1S/C19H22N4O2/c24-18(23-20-11-15-2-1-3-25-15)16-7-17(22-21-16)19-8-12-4-13(9-19)6-14(5-12)10-19/h1-3,7,11-14H,4-6,8-10H2,(H,21,22)(H,23,24)/b20-11+. The average molecular weight is 338 g/mol. The van der Waals surface area contributed by atoms with Crippen LogP contribution in [0.2, 0.25) is 0 Å². The molecule has 4 fully saturated rings. The number of nitrogens with zero attached hydrogens (tertiary/aromatic N) is 2. The lowest BCUT2D eigenvalue weighted by Crippen LogP contribution is -2.48. The number of carbonyl (C=O) groups is 1. The predicted octanol–water partition coefficient (Wildman–Crippen LogP) is 3.23. The first-order valence-electron chi connectivity index (χ1n) is 9.13. The summed E-state index contributed by atoms with van der Waals surface area (Å²) in [6.45, 7) is 0. The fraction of sp³-hybridized carbons (Fsp3) is 0.526. The van der Waals surface area contributed by atoms with Crippen molar-refractivity contribution in [3.63, 3.8) is 0 Å². The van der Waals surface area contributed by atoms with Crippen LogP contribution in [0.25, 0.3) is 0 Å². The molecule has 2 heterocycles. The van der Waals surface area contributed by atoms with Crippen LogP contribution in [0.1, 0.15) is 60.5 Å². The van der Waals surface area contributed by atoms with Crippen LogP contribution in [-0.4, -0.2) is 22.3 Å². The Kier molecular flexibility index (Phi) is 3.33. The lowest BCUT2D eigenvalue weighted by atomic mass is 9.49. The third-order valence-corrected chi connectivity index (χ3v) is 6.32. The molecule has 6 rings (SSSR count). The van der Waals surface area contributed by atoms with Crippen LogP contribution in [0.3, 0.4) is 0 Å². The SMILES string of the molecule is O=C(N/N=C/c1ccco1)c1cc(C23CC4CC(CC(C4)C2)C3)[nH]n1. The summed E-state index contributed by atoms with van der Waals surface area (Å²) in [4.78, 5) is 12.3. The van der Waals surface area contributed by atoms with Crippen LogP contribution >= 0.6 is 0 Å². The zero-order chi connectivity index (χ0) is 16.9. The molecule has 6 heteroatoms. The summed E-state index contributed by atoms with van der Waals surface area (Å²) < 4.78 is 5.14. The molecule has 0 aliphatic heterocycles. The maximum Gasteiger partial charge on any atom is 0.291 e. The molecule has 4 bridgehead atoms. The van der Waals surface area contributed by atoms with Crippen molar-refractivity contribution in [2.75, 3.05) is 0 Å². The van der Waals surface area contributed by atoms with E-state index in [2.05, 4.69) is 20.7 Å². The Morgan fingerprint density at radius 3 is 2.64 bits per heavy atom. The summed E-state index contributed by atoms with van der Waals surface area (Å²) in [5.74, 6) is 2.89. The van der Waals surface area contributed by atoms with E-state index in [9.17, 15) is 4.79 Å². The Balaban J connectivity index is 1.31. The van der Waals surface area contributed by atoms with E-state index in [1.807, 2.05) is 6.07 Å². The molecular formula is C19H22N4O2. The number of amides is 1. The fourth-order valence-corrected chi connectivity index (χ4v) is 5.73. The number of H-pyrrole nitrogens is 1. The molecule has 0 atom stereocenters. The quantitative estimate of drug-likeness (QED) is 0.663. The number of hydrogen-bond acceptors (Lipinski definition) is 4. The van der Waals surface area contributed by atoms with Crippen LogP contribution in [0.4, 0.5) is 0 Å². The zero-order valence-corrected chi connectivity index (χ0v) is 14.1. The van der Waals surface area contributed by atoms with Gasteiger partial charge in [-0.3, -0.25) is 9.89 Å². The largest absolute Gasteiger partial charge is 0.463 e. The first-order chi connectivity index (χ1) is 12.2. The molecule has 4 aliphatic rings. The molecule has 0 spiro atoms. The highest BCUT2D eigenvalue weighted by molar-refractivity contribution is 5.93. The van der Waals surface area contributed by atoms with Gasteiger partial charge in [-0.25, -0.2) is 5.43 Å². The molecule has 4 saturated carbocycles. The van der Waals surface area contributed by atoms with Gasteiger partial charge in [0.15, 0.2) is 5.69 Å². The number of hydrazone groups is 1. The number of aromatic amines is 1. The van der Waals surface area contributed by atoms with Gasteiger partial charge in [-0.15, -0.1) is 0 Å². The van der Waals surface area contributed by atoms with Gasteiger partial charge in [-0.2, -0.15) is 10.2 Å². The highest BCUT2D eigenvalue weighted by Gasteiger charge is 2.52. The highest BCUT2D eigenvalue weighted by Crippen LogP contribution is 2.60. The molecule has 0 saturated heterocycles. The van der Waals surface area contributed by atoms with Crippen LogP contribution in [0, 0.1) is 17.8 Å². The summed E-state index contributed by atoms with van der Waals surface area (Å²) in [6, 6.07) is 5.48. The maximum absolute atomic E-state index is 12.3. The Morgan fingerprint density at radius 1 is 1.28 bits per heavy atom. The summed E-state index contributed by atoms with van der Waals surface area (Å²) in [6.07, 6.45) is 11.0. The molecule has 1 amide bonds. The first-order valence-corrected chi connectivity index (χ1v) is 9.13. The normalized spacial score (nSPS) is 33.2. The summed E-state index contributed by atoms with van der Waals surface area (Å²) in [5, 5.41) is 11.3. The van der Waals surface area contributed by atoms with E-state index in [1.165, 1.54) is 44.7 Å². The van der Waals surface area contributed by atoms with Crippen molar-refractivity contribution in [2.24, 2.45) is 22.9 Å². The van der Waals surface area contributed by atoms with Gasteiger partial charge >= 0.3 is 0 Å². The van der Waals surface area contributed by atoms with Crippen molar-refractivity contribution in [2.45, 2.75) is 43.9 Å². The minimum Gasteiger partial charge on any atom is -0.463 e. The summed E-state index contributed by atoms with van der Waals surface area (Å²) >= 11 is 0. The maximum atomic E-state index is 12.3. The first kappa shape index (κ1) is 14.9. The van der Waals surface area contributed by atoms with Gasteiger partial charge < -0.3 is 4.42 Å². The number of furan rings is 1.